The summed E-state index contributed by atoms with van der Waals surface area (Å²) in [5.41, 5.74) is -0.374. The summed E-state index contributed by atoms with van der Waals surface area (Å²) in [5.74, 6) is -0.0719. The molecule has 0 saturated heterocycles. The van der Waals surface area contributed by atoms with Crippen molar-refractivity contribution in [3.8, 4) is 0 Å². The normalized spacial score (nSPS) is 28.6. The number of rotatable bonds is 1. The van der Waals surface area contributed by atoms with Crippen molar-refractivity contribution in [2.45, 2.75) is 58.5 Å². The second kappa shape index (κ2) is 3.97. The number of esters is 1. The topological polar surface area (TPSA) is 43.4 Å². The first kappa shape index (κ1) is 12.3. The number of hydrogen-bond acceptors (Lipinski definition) is 3. The van der Waals surface area contributed by atoms with Crippen LogP contribution in [0.1, 0.15) is 52.9 Å². The first-order chi connectivity index (χ1) is 7.85. The Morgan fingerprint density at radius 3 is 2.59 bits per heavy atom. The molecule has 0 N–H and O–H groups in total. The lowest BCUT2D eigenvalue weighted by Crippen LogP contribution is -2.33. The zero-order valence-electron chi connectivity index (χ0n) is 10.8. The van der Waals surface area contributed by atoms with Crippen molar-refractivity contribution in [2.24, 2.45) is 5.41 Å². The third kappa shape index (κ3) is 2.15. The molecule has 1 saturated carbocycles. The molecule has 2 aliphatic rings. The molecule has 2 aliphatic carbocycles. The maximum absolute atomic E-state index is 12.1. The van der Waals surface area contributed by atoms with Crippen molar-refractivity contribution in [3.63, 3.8) is 0 Å². The highest BCUT2D eigenvalue weighted by atomic mass is 16.6. The smallest absolute Gasteiger partial charge is 0.335 e. The minimum Gasteiger partial charge on any atom is -0.457 e. The average molecular weight is 236 g/mol. The van der Waals surface area contributed by atoms with Gasteiger partial charge >= 0.3 is 5.97 Å². The number of carbonyl (C=O) groups is 2. The van der Waals surface area contributed by atoms with Crippen LogP contribution in [0.2, 0.25) is 0 Å². The standard InChI is InChI=1S/C14H20O3/c1-13(2,3)17-12(16)10-6-4-8-14(10)9-5-7-11(14)15/h6H,4-5,7-9H2,1-3H3. The van der Waals surface area contributed by atoms with Crippen molar-refractivity contribution < 1.29 is 14.3 Å². The van der Waals surface area contributed by atoms with Crippen LogP contribution in [0, 0.1) is 5.41 Å². The molecule has 0 heterocycles. The van der Waals surface area contributed by atoms with Gasteiger partial charge in [0.05, 0.1) is 5.41 Å². The van der Waals surface area contributed by atoms with Crippen LogP contribution in [-0.4, -0.2) is 17.4 Å². The van der Waals surface area contributed by atoms with Crippen LogP contribution in [0.25, 0.3) is 0 Å². The Balaban J connectivity index is 2.21. The zero-order valence-corrected chi connectivity index (χ0v) is 10.8. The lowest BCUT2D eigenvalue weighted by atomic mass is 9.78. The number of ether oxygens (including phenoxy) is 1. The molecule has 1 fully saturated rings. The predicted molar refractivity (Wildman–Crippen MR) is 64.5 cm³/mol. The van der Waals surface area contributed by atoms with Crippen LogP contribution >= 0.6 is 0 Å². The number of carbonyl (C=O) groups excluding carboxylic acids is 2. The summed E-state index contributed by atoms with van der Waals surface area (Å²) in [7, 11) is 0. The first-order valence-electron chi connectivity index (χ1n) is 6.32. The van der Waals surface area contributed by atoms with E-state index in [4.69, 9.17) is 4.74 Å². The van der Waals surface area contributed by atoms with E-state index in [1.54, 1.807) is 0 Å². The molecule has 0 aromatic rings. The minimum atomic E-state index is -0.498. The quantitative estimate of drug-likeness (QED) is 0.657. The van der Waals surface area contributed by atoms with Crippen molar-refractivity contribution in [3.05, 3.63) is 11.6 Å². The molecule has 2 rings (SSSR count). The molecule has 94 valence electrons. The lowest BCUT2D eigenvalue weighted by Gasteiger charge is -2.27. The van der Waals surface area contributed by atoms with E-state index in [9.17, 15) is 9.59 Å². The zero-order chi connectivity index (χ0) is 12.7. The third-order valence-electron chi connectivity index (χ3n) is 3.60. The van der Waals surface area contributed by atoms with E-state index in [0.29, 0.717) is 12.0 Å². The van der Waals surface area contributed by atoms with Gasteiger partial charge in [0, 0.05) is 12.0 Å². The van der Waals surface area contributed by atoms with E-state index >= 15 is 0 Å². The molecule has 0 radical (unpaired) electrons. The van der Waals surface area contributed by atoms with E-state index in [0.717, 1.165) is 25.7 Å². The maximum Gasteiger partial charge on any atom is 0.335 e. The fourth-order valence-corrected chi connectivity index (χ4v) is 2.88. The Morgan fingerprint density at radius 2 is 2.06 bits per heavy atom. The van der Waals surface area contributed by atoms with Gasteiger partial charge in [-0.15, -0.1) is 0 Å². The number of ketones is 1. The van der Waals surface area contributed by atoms with E-state index in [2.05, 4.69) is 0 Å². The van der Waals surface area contributed by atoms with Gasteiger partial charge < -0.3 is 4.74 Å². The molecule has 0 bridgehead atoms. The summed E-state index contributed by atoms with van der Waals surface area (Å²) in [6, 6.07) is 0. The van der Waals surface area contributed by atoms with Crippen molar-refractivity contribution in [1.29, 1.82) is 0 Å². The van der Waals surface area contributed by atoms with Gasteiger partial charge in [-0.3, -0.25) is 4.79 Å². The molecule has 1 atom stereocenters. The van der Waals surface area contributed by atoms with Crippen LogP contribution in [0.5, 0.6) is 0 Å². The van der Waals surface area contributed by atoms with Crippen molar-refractivity contribution in [1.82, 2.24) is 0 Å². The minimum absolute atomic E-state index is 0.229. The largest absolute Gasteiger partial charge is 0.457 e. The highest BCUT2D eigenvalue weighted by Gasteiger charge is 2.50. The Labute approximate surface area is 102 Å². The molecular formula is C14H20O3. The number of Topliss-reactive ketones (excluding diaryl/α,β-unsaturated/α-hetero) is 1. The Morgan fingerprint density at radius 1 is 1.35 bits per heavy atom. The number of hydrogen-bond donors (Lipinski definition) is 0. The van der Waals surface area contributed by atoms with Crippen molar-refractivity contribution in [2.75, 3.05) is 0 Å². The summed E-state index contributed by atoms with van der Waals surface area (Å²) in [6.45, 7) is 5.55. The predicted octanol–water partition coefficient (Wildman–Crippen LogP) is 2.79. The molecule has 17 heavy (non-hydrogen) atoms. The van der Waals surface area contributed by atoms with E-state index in [1.807, 2.05) is 26.8 Å². The van der Waals surface area contributed by atoms with Gasteiger partial charge in [0.2, 0.25) is 0 Å². The fraction of sp³-hybridized carbons (Fsp3) is 0.714. The van der Waals surface area contributed by atoms with E-state index in [1.165, 1.54) is 0 Å². The first-order valence-corrected chi connectivity index (χ1v) is 6.32. The van der Waals surface area contributed by atoms with Gasteiger partial charge in [0.15, 0.2) is 0 Å². The van der Waals surface area contributed by atoms with Gasteiger partial charge in [0.25, 0.3) is 0 Å². The SMILES string of the molecule is CC(C)(C)OC(=O)C1=CCCC12CCCC2=O. The molecule has 3 heteroatoms. The van der Waals surface area contributed by atoms with Gasteiger partial charge in [-0.1, -0.05) is 6.08 Å². The van der Waals surface area contributed by atoms with Crippen LogP contribution in [0.4, 0.5) is 0 Å². The summed E-state index contributed by atoms with van der Waals surface area (Å²) >= 11 is 0. The molecule has 0 aromatic heterocycles. The summed E-state index contributed by atoms with van der Waals surface area (Å²) in [6.07, 6.45) is 5.84. The van der Waals surface area contributed by atoms with Crippen LogP contribution in [0.15, 0.2) is 11.6 Å². The van der Waals surface area contributed by atoms with Gasteiger partial charge in [-0.2, -0.15) is 0 Å². The summed E-state index contributed by atoms with van der Waals surface area (Å²) in [5, 5.41) is 0. The molecule has 0 aliphatic heterocycles. The Kier molecular flexibility index (Phi) is 2.88. The number of allylic oxidation sites excluding steroid dienone is 1. The Bertz CT molecular complexity index is 387. The molecule has 0 aromatic carbocycles. The average Bonchev–Trinajstić information content (AvgIpc) is 2.74. The lowest BCUT2D eigenvalue weighted by molar-refractivity contribution is -0.152. The summed E-state index contributed by atoms with van der Waals surface area (Å²) in [4.78, 5) is 24.2. The highest BCUT2D eigenvalue weighted by Crippen LogP contribution is 2.49. The van der Waals surface area contributed by atoms with E-state index in [-0.39, 0.29) is 11.8 Å². The second-order valence-corrected chi connectivity index (χ2v) is 6.02. The van der Waals surface area contributed by atoms with Crippen LogP contribution in [-0.2, 0) is 14.3 Å². The third-order valence-corrected chi connectivity index (χ3v) is 3.60. The second-order valence-electron chi connectivity index (χ2n) is 6.02. The monoisotopic (exact) mass is 236 g/mol. The highest BCUT2D eigenvalue weighted by molar-refractivity contribution is 6.02. The molecule has 3 nitrogen and oxygen atoms in total. The molecule has 1 spiro atoms. The van der Waals surface area contributed by atoms with Gasteiger partial charge in [0.1, 0.15) is 11.4 Å². The maximum atomic E-state index is 12.1. The van der Waals surface area contributed by atoms with Crippen LogP contribution < -0.4 is 0 Å². The van der Waals surface area contributed by atoms with Gasteiger partial charge in [-0.05, 0) is 46.5 Å². The Hall–Kier alpha value is -1.12. The van der Waals surface area contributed by atoms with Crippen molar-refractivity contribution >= 4 is 11.8 Å². The summed E-state index contributed by atoms with van der Waals surface area (Å²) < 4.78 is 5.40. The van der Waals surface area contributed by atoms with E-state index < -0.39 is 11.0 Å². The molecular weight excluding hydrogens is 216 g/mol. The molecule has 1 unspecified atom stereocenters. The van der Waals surface area contributed by atoms with Crippen LogP contribution in [0.3, 0.4) is 0 Å². The fourth-order valence-electron chi connectivity index (χ4n) is 2.88. The molecule has 0 amide bonds. The van der Waals surface area contributed by atoms with Gasteiger partial charge in [-0.25, -0.2) is 4.79 Å².